The first kappa shape index (κ1) is 105. The van der Waals surface area contributed by atoms with E-state index in [1.165, 1.54) is 125 Å². The van der Waals surface area contributed by atoms with Crippen LogP contribution in [0.3, 0.4) is 0 Å². The van der Waals surface area contributed by atoms with Gasteiger partial charge in [-0.05, 0) is 207 Å². The number of Topliss-reactive ketones (excluding diaryl/α,β-unsaturated/α-hetero) is 4. The van der Waals surface area contributed by atoms with Gasteiger partial charge in [0.2, 0.25) is 5.91 Å². The van der Waals surface area contributed by atoms with E-state index in [0.29, 0.717) is 88.7 Å². The van der Waals surface area contributed by atoms with Crippen LogP contribution in [0.2, 0.25) is 0 Å². The van der Waals surface area contributed by atoms with Crippen molar-refractivity contribution in [2.75, 3.05) is 18.9 Å². The molecule has 2 N–H and O–H groups in total. The van der Waals surface area contributed by atoms with Gasteiger partial charge in [-0.3, -0.25) is 49.0 Å². The molecule has 0 unspecified atom stereocenters. The number of aromatic hydroxyl groups is 2. The van der Waals surface area contributed by atoms with Gasteiger partial charge in [0, 0.05) is 68.6 Å². The number of phenols is 2. The van der Waals surface area contributed by atoms with Crippen molar-refractivity contribution in [2.45, 2.75) is 121 Å². The van der Waals surface area contributed by atoms with E-state index in [4.69, 9.17) is 60.4 Å². The number of hydrogen-bond donors (Lipinski definition) is 2. The molecule has 0 radical (unpaired) electrons. The van der Waals surface area contributed by atoms with Crippen molar-refractivity contribution < 1.29 is 243 Å². The van der Waals surface area contributed by atoms with Crippen LogP contribution in [-0.2, 0) is 14.5 Å². The van der Waals surface area contributed by atoms with Gasteiger partial charge in [0.05, 0.1) is 61.8 Å². The number of rotatable bonds is 15. The molecule has 1 amide bonds. The van der Waals surface area contributed by atoms with Crippen LogP contribution in [-0.4, -0.2) is 96.4 Å². The summed E-state index contributed by atoms with van der Waals surface area (Å²) in [5.74, 6) is -0.644. The number of amides is 1. The van der Waals surface area contributed by atoms with E-state index >= 15 is 0 Å². The fourth-order valence-corrected chi connectivity index (χ4v) is 10.8. The number of fused-ring (bicyclic) bond motifs is 4. The fraction of sp³-hybridized carbons (Fsp3) is 0.253. The molecule has 8 aromatic carbocycles. The quantitative estimate of drug-likeness (QED) is 0.0183. The molecule has 1 aliphatic heterocycles. The monoisotopic (exact) mass is 1940 g/mol. The van der Waals surface area contributed by atoms with Gasteiger partial charge in [-0.25, -0.2) is 17.6 Å². The molecule has 115 heavy (non-hydrogen) atoms. The molecule has 4 aromatic heterocycles. The zero-order chi connectivity index (χ0) is 81.5. The van der Waals surface area contributed by atoms with Gasteiger partial charge >= 0.3 is 149 Å². The minimum atomic E-state index is -0.748. The number of likely N-dealkylation sites (tertiary alicyclic amines) is 1. The van der Waals surface area contributed by atoms with E-state index in [2.05, 4.69) is 34.7 Å². The van der Waals surface area contributed by atoms with Gasteiger partial charge in [-0.15, -0.1) is 23.2 Å². The van der Waals surface area contributed by atoms with Crippen LogP contribution in [0, 0.1) is 43.5 Å². The maximum Gasteiger partial charge on any atom is 1.00 e. The molecule has 5 heterocycles. The Labute approximate surface area is 799 Å². The number of benzene rings is 8. The summed E-state index contributed by atoms with van der Waals surface area (Å²) in [4.78, 5) is 93.3. The second-order valence-electron chi connectivity index (χ2n) is 24.5. The molecule has 0 spiro atoms. The number of carbonyl (C=O) groups is 6. The molecule has 0 aliphatic carbocycles. The van der Waals surface area contributed by atoms with Crippen LogP contribution in [0.5, 0.6) is 23.0 Å². The largest absolute Gasteiger partial charge is 1.00 e. The topological polar surface area (TPSA) is 336 Å². The minimum Gasteiger partial charge on any atom is -1.00 e. The minimum absolute atomic E-state index is 0. The third-order valence-electron chi connectivity index (χ3n) is 15.2. The zero-order valence-corrected chi connectivity index (χ0v) is 78.5. The third kappa shape index (κ3) is 29.8. The predicted octanol–water partition coefficient (Wildman–Crippen LogP) is 16.5. The first-order valence-electron chi connectivity index (χ1n) is 33.2. The fourth-order valence-electron chi connectivity index (χ4n) is 10.8. The van der Waals surface area contributed by atoms with E-state index in [0.717, 1.165) is 31.5 Å². The van der Waals surface area contributed by atoms with Crippen LogP contribution in [0.1, 0.15) is 147 Å². The Hall–Kier alpha value is -7.62. The van der Waals surface area contributed by atoms with Gasteiger partial charge in [0.25, 0.3) is 6.47 Å². The summed E-state index contributed by atoms with van der Waals surface area (Å²) in [7, 11) is 1.84. The second kappa shape index (κ2) is 50.2. The van der Waals surface area contributed by atoms with E-state index in [-0.39, 0.29) is 277 Å². The van der Waals surface area contributed by atoms with Crippen molar-refractivity contribution in [1.29, 1.82) is 0 Å². The second-order valence-corrected chi connectivity index (χ2v) is 27.2. The molecule has 0 atom stereocenters. The summed E-state index contributed by atoms with van der Waals surface area (Å²) < 4.78 is 86.4. The van der Waals surface area contributed by atoms with Crippen LogP contribution < -0.4 is 153 Å². The zero-order valence-electron chi connectivity index (χ0n) is 63.9. The molecule has 13 rings (SSSR count). The van der Waals surface area contributed by atoms with Crippen molar-refractivity contribution in [3.05, 3.63) is 223 Å². The molecule has 12 aromatic rings. The molecule has 23 nitrogen and oxygen atoms in total. The summed E-state index contributed by atoms with van der Waals surface area (Å²) in [5.41, 5.74) is 4.19. The summed E-state index contributed by atoms with van der Waals surface area (Å²) in [6.07, 6.45) is 1.57. The Morgan fingerprint density at radius 3 is 1.12 bits per heavy atom. The summed E-state index contributed by atoms with van der Waals surface area (Å²) in [6.45, 7) is 17.9. The number of nitro benzene ring substituents is 2. The average molecular weight is 1940 g/mol. The number of hydrogen-bond acceptors (Lipinski definition) is 20. The van der Waals surface area contributed by atoms with Crippen molar-refractivity contribution in [3.8, 4) is 68.3 Å². The molecule has 0 bridgehead atoms. The average Bonchev–Trinajstić information content (AvgIpc) is 1.62. The summed E-state index contributed by atoms with van der Waals surface area (Å²) >= 11 is 12.8. The van der Waals surface area contributed by atoms with Crippen LogP contribution >= 0.6 is 39.1 Å². The maximum absolute atomic E-state index is 13.2. The molecule has 32 heteroatoms. The third-order valence-corrected chi connectivity index (χ3v) is 15.2. The van der Waals surface area contributed by atoms with E-state index in [1.807, 2.05) is 33.0 Å². The molecular weight excluding hydrogens is 1850 g/mol. The Kier molecular flexibility index (Phi) is 46.0. The van der Waals surface area contributed by atoms with Crippen molar-refractivity contribution in [3.63, 3.8) is 0 Å². The molecule has 1 saturated heterocycles. The number of carbonyl (C=O) groups excluding carboxylic acids is 6. The van der Waals surface area contributed by atoms with Gasteiger partial charge in [0.15, 0.2) is 34.6 Å². The van der Waals surface area contributed by atoms with Crippen LogP contribution in [0.25, 0.3) is 89.2 Å². The Morgan fingerprint density at radius 1 is 0.530 bits per heavy atom. The molecule has 1 fully saturated rings. The van der Waals surface area contributed by atoms with Crippen molar-refractivity contribution in [1.82, 2.24) is 4.90 Å². The van der Waals surface area contributed by atoms with Gasteiger partial charge < -0.3 is 53.8 Å². The molecular formula is C83H86BrCl2Cs2F4N3O20. The summed E-state index contributed by atoms with van der Waals surface area (Å²) in [5, 5.41) is 52.1. The smallest absolute Gasteiger partial charge is 1.00 e. The molecule has 604 valence electrons. The van der Waals surface area contributed by atoms with Gasteiger partial charge in [0.1, 0.15) is 80.1 Å². The van der Waals surface area contributed by atoms with Crippen LogP contribution in [0.15, 0.2) is 175 Å². The van der Waals surface area contributed by atoms with Crippen molar-refractivity contribution in [2.24, 2.45) is 0 Å². The van der Waals surface area contributed by atoms with E-state index in [9.17, 15) is 72.0 Å². The number of ether oxygens (including phenoxy) is 2. The van der Waals surface area contributed by atoms with E-state index < -0.39 is 32.9 Å². The number of ketones is 4. The number of alkyl halides is 3. The Balaban J connectivity index is 0.00000140. The summed E-state index contributed by atoms with van der Waals surface area (Å²) in [6, 6.07) is 37.3. The standard InChI is InChI=1S/C19H16FNO5.C19H17FO3.C16H10FNO5.C16H11FO3.C5H9NO.C3H7Br.CH2Cl2.CH2O3.3CH4.2Cs.H/c1-10(2)25-17-8-14-16(9-15(17)21(23)24)26-19(18(14)11(3)22)12-4-6-13(20)7-5-12;1-11(2)22-15-8-9-17-16(10-15)18(12(3)21)19(23-17)13-4-6-14(20)7-5-13;1-8(19)15-11-6-13(20)12(18(21)22)7-14(11)23-16(15)9-2-4-10(17)5-3-9;1-9(18)15-13-8-12(19)6-7-14(13)20-16(15)10-2-4-11(17)5-3-10;1-6-4-2-3-5(6)7;1-3(2)4;2-1-3;2-1-4-3;;;;;;/h4-10H,1-3H3;4-11H,1-3H3;2-7,20H,1H3;2-8,19H,1H3;2-4H2,1H3;3H,1-2H3;1H2;1,3H;3*1H4;;;/q;;;;;;;;;;;2*+1;-1/p-1. The number of nitro groups is 2. The van der Waals surface area contributed by atoms with Crippen molar-refractivity contribution >= 4 is 130 Å². The SMILES string of the molecule is C.C.C.CC(=O)c1c(-c2ccc(F)cc2)oc2cc([N+](=O)[O-])c(O)cc12.CC(=O)c1c(-c2ccc(F)cc2)oc2cc([N+](=O)[O-])c(OC(C)C)cc12.CC(=O)c1c(-c2ccc(F)cc2)oc2ccc(O)cc12.CC(=O)c1c(-c2ccc(F)cc2)oc2ccc(OC(C)C)cc12.CC(C)Br.CN1CCCC1=O.ClCCl.O=CO[O-].[Cs+].[Cs+].[H-]. The number of phenolic OH excluding ortho intramolecular Hbond substituents is 2. The van der Waals surface area contributed by atoms with Gasteiger partial charge in [-0.1, -0.05) is 52.1 Å². The maximum atomic E-state index is 13.2. The normalized spacial score (nSPS) is 10.8. The van der Waals surface area contributed by atoms with E-state index in [1.54, 1.807) is 55.1 Å². The Bertz CT molecular complexity index is 5270. The number of halogens is 7. The molecule has 1 aliphatic rings. The first-order valence-corrected chi connectivity index (χ1v) is 35.2. The first-order chi connectivity index (χ1) is 52.0. The van der Waals surface area contributed by atoms with Crippen LogP contribution in [0.4, 0.5) is 28.9 Å². The number of nitrogens with zero attached hydrogens (tertiary/aromatic N) is 3. The Morgan fingerprint density at radius 2 is 0.835 bits per heavy atom. The molecule has 0 saturated carbocycles. The predicted molar refractivity (Wildman–Crippen MR) is 431 cm³/mol. The number of furan rings is 4. The van der Waals surface area contributed by atoms with Gasteiger partial charge in [-0.2, -0.15) is 0 Å².